The van der Waals surface area contributed by atoms with Gasteiger partial charge in [0.2, 0.25) is 0 Å². The molecule has 0 unspecified atom stereocenters. The monoisotopic (exact) mass is 464 g/mol. The lowest BCUT2D eigenvalue weighted by molar-refractivity contribution is 0.102. The molecule has 0 radical (unpaired) electrons. The summed E-state index contributed by atoms with van der Waals surface area (Å²) in [6.45, 7) is 5.09. The van der Waals surface area contributed by atoms with E-state index in [1.807, 2.05) is 61.5 Å². The van der Waals surface area contributed by atoms with Crippen LogP contribution in [0.2, 0.25) is 0 Å². The van der Waals surface area contributed by atoms with Gasteiger partial charge in [0.05, 0.1) is 17.1 Å². The van der Waals surface area contributed by atoms with E-state index >= 15 is 0 Å². The highest BCUT2D eigenvalue weighted by Crippen LogP contribution is 2.24. The van der Waals surface area contributed by atoms with Crippen LogP contribution in [0.5, 0.6) is 0 Å². The number of aryl methyl sites for hydroxylation is 1. The highest BCUT2D eigenvalue weighted by Gasteiger charge is 2.15. The van der Waals surface area contributed by atoms with E-state index < -0.39 is 0 Å². The van der Waals surface area contributed by atoms with Crippen LogP contribution in [0.15, 0.2) is 73.3 Å². The molecule has 0 bridgehead atoms. The molecule has 1 fully saturated rings. The minimum absolute atomic E-state index is 0.172. The first-order valence-electron chi connectivity index (χ1n) is 12.0. The molecule has 0 atom stereocenters. The van der Waals surface area contributed by atoms with Crippen LogP contribution in [-0.2, 0) is 13.0 Å². The minimum Gasteiger partial charge on any atom is -0.307 e. The predicted octanol–water partition coefficient (Wildman–Crippen LogP) is 4.68. The molecule has 0 saturated carbocycles. The van der Waals surface area contributed by atoms with Crippen LogP contribution in [0.4, 0.5) is 5.82 Å². The number of hydrogen-bond acceptors (Lipinski definition) is 6. The molecule has 4 aromatic rings. The normalized spacial score (nSPS) is 13.6. The van der Waals surface area contributed by atoms with Crippen molar-refractivity contribution in [3.63, 3.8) is 0 Å². The van der Waals surface area contributed by atoms with E-state index in [0.29, 0.717) is 17.8 Å². The second kappa shape index (κ2) is 10.5. The molecule has 1 saturated heterocycles. The van der Waals surface area contributed by atoms with Gasteiger partial charge in [0.1, 0.15) is 12.1 Å². The van der Waals surface area contributed by atoms with Gasteiger partial charge in [-0.25, -0.2) is 15.0 Å². The van der Waals surface area contributed by atoms with E-state index in [0.717, 1.165) is 53.4 Å². The molecule has 176 valence electrons. The molecule has 7 heteroatoms. The quantitative estimate of drug-likeness (QED) is 0.428. The van der Waals surface area contributed by atoms with Crippen molar-refractivity contribution in [2.24, 2.45) is 0 Å². The van der Waals surface area contributed by atoms with Crippen molar-refractivity contribution in [2.45, 2.75) is 32.7 Å². The Hall–Kier alpha value is -3.97. The van der Waals surface area contributed by atoms with Gasteiger partial charge in [-0.05, 0) is 86.4 Å². The third-order valence-corrected chi connectivity index (χ3v) is 6.35. The molecule has 1 aromatic carbocycles. The number of pyridine rings is 2. The number of likely N-dealkylation sites (tertiary alicyclic amines) is 1. The summed E-state index contributed by atoms with van der Waals surface area (Å²) in [6, 6.07) is 17.4. The third kappa shape index (κ3) is 5.58. The summed E-state index contributed by atoms with van der Waals surface area (Å²) in [6.07, 6.45) is 8.12. The molecule has 1 N–H and O–H groups in total. The Morgan fingerprint density at radius 1 is 1.00 bits per heavy atom. The Morgan fingerprint density at radius 3 is 2.71 bits per heavy atom. The smallest absolute Gasteiger partial charge is 0.256 e. The van der Waals surface area contributed by atoms with Crippen molar-refractivity contribution in [3.8, 4) is 11.3 Å². The first-order valence-corrected chi connectivity index (χ1v) is 12.0. The lowest BCUT2D eigenvalue weighted by atomic mass is 9.97. The van der Waals surface area contributed by atoms with Crippen LogP contribution >= 0.6 is 0 Å². The molecular formula is C28H28N6O. The predicted molar refractivity (Wildman–Crippen MR) is 136 cm³/mol. The third-order valence-electron chi connectivity index (χ3n) is 6.35. The number of nitrogens with one attached hydrogen (secondary N) is 1. The number of rotatable bonds is 7. The molecule has 0 spiro atoms. The summed E-state index contributed by atoms with van der Waals surface area (Å²) in [4.78, 5) is 33.1. The fraction of sp³-hybridized carbons (Fsp3) is 0.250. The number of carbonyl (C=O) groups excluding carboxylic acids is 1. The Labute approximate surface area is 205 Å². The summed E-state index contributed by atoms with van der Waals surface area (Å²) >= 11 is 0. The van der Waals surface area contributed by atoms with E-state index in [4.69, 9.17) is 0 Å². The van der Waals surface area contributed by atoms with Gasteiger partial charge in [-0.1, -0.05) is 12.1 Å². The number of aromatic nitrogens is 4. The van der Waals surface area contributed by atoms with Crippen LogP contribution in [0.3, 0.4) is 0 Å². The lowest BCUT2D eigenvalue weighted by Gasteiger charge is -2.15. The molecule has 1 aliphatic rings. The van der Waals surface area contributed by atoms with Crippen molar-refractivity contribution < 1.29 is 4.79 Å². The molecular weight excluding hydrogens is 436 g/mol. The highest BCUT2D eigenvalue weighted by atomic mass is 16.1. The number of hydrogen-bond donors (Lipinski definition) is 1. The molecule has 0 aliphatic carbocycles. The molecule has 3 aromatic heterocycles. The van der Waals surface area contributed by atoms with Gasteiger partial charge in [0.25, 0.3) is 5.91 Å². The zero-order valence-corrected chi connectivity index (χ0v) is 19.8. The summed E-state index contributed by atoms with van der Waals surface area (Å²) in [5.41, 5.74) is 6.41. The van der Waals surface area contributed by atoms with Crippen molar-refractivity contribution in [1.82, 2.24) is 24.8 Å². The van der Waals surface area contributed by atoms with Crippen LogP contribution < -0.4 is 5.32 Å². The molecule has 35 heavy (non-hydrogen) atoms. The minimum atomic E-state index is -0.172. The Bertz CT molecular complexity index is 1320. The summed E-state index contributed by atoms with van der Waals surface area (Å²) < 4.78 is 0. The van der Waals surface area contributed by atoms with Crippen molar-refractivity contribution in [1.29, 1.82) is 0 Å². The zero-order valence-electron chi connectivity index (χ0n) is 19.8. The number of carbonyl (C=O) groups is 1. The number of anilines is 1. The van der Waals surface area contributed by atoms with Crippen LogP contribution in [0.25, 0.3) is 11.3 Å². The lowest BCUT2D eigenvalue weighted by Crippen LogP contribution is -2.20. The Balaban J connectivity index is 1.33. The summed E-state index contributed by atoms with van der Waals surface area (Å²) in [5.74, 6) is 0.402. The standard InChI is InChI=1S/C28H28N6O/c1-20-9-10-21(28(35)33-27-8-4-6-23(32-27)18-34-14-2-3-15-34)16-22(20)17-26-24(7-5-12-30-26)25-11-13-29-19-31-25/h4-13,16,19H,2-3,14-15,17-18H2,1H3,(H,32,33,35). The maximum absolute atomic E-state index is 13.1. The molecule has 1 amide bonds. The van der Waals surface area contributed by atoms with Crippen LogP contribution in [0.1, 0.15) is 45.7 Å². The first kappa shape index (κ1) is 22.8. The van der Waals surface area contributed by atoms with Crippen LogP contribution in [0, 0.1) is 6.92 Å². The second-order valence-electron chi connectivity index (χ2n) is 8.86. The van der Waals surface area contributed by atoms with E-state index in [2.05, 4.69) is 30.2 Å². The largest absolute Gasteiger partial charge is 0.307 e. The van der Waals surface area contributed by atoms with E-state index in [1.165, 1.54) is 19.2 Å². The van der Waals surface area contributed by atoms with Gasteiger partial charge in [-0.3, -0.25) is 14.7 Å². The van der Waals surface area contributed by atoms with Gasteiger partial charge in [-0.15, -0.1) is 0 Å². The topological polar surface area (TPSA) is 83.9 Å². The molecule has 1 aliphatic heterocycles. The maximum atomic E-state index is 13.1. The SMILES string of the molecule is Cc1ccc(C(=O)Nc2cccc(CN3CCCC3)n2)cc1Cc1ncccc1-c1ccncn1. The Morgan fingerprint density at radius 2 is 1.89 bits per heavy atom. The van der Waals surface area contributed by atoms with Crippen LogP contribution in [-0.4, -0.2) is 43.8 Å². The summed E-state index contributed by atoms with van der Waals surface area (Å²) in [5, 5.41) is 2.97. The zero-order chi connectivity index (χ0) is 24.0. The van der Waals surface area contributed by atoms with Crippen molar-refractivity contribution in [3.05, 3.63) is 101 Å². The Kier molecular flexibility index (Phi) is 6.86. The number of amides is 1. The highest BCUT2D eigenvalue weighted by molar-refractivity contribution is 6.03. The van der Waals surface area contributed by atoms with Gasteiger partial charge in [-0.2, -0.15) is 0 Å². The number of nitrogens with zero attached hydrogens (tertiary/aromatic N) is 5. The van der Waals surface area contributed by atoms with Gasteiger partial charge < -0.3 is 5.32 Å². The average molecular weight is 465 g/mol. The fourth-order valence-electron chi connectivity index (χ4n) is 4.44. The van der Waals surface area contributed by atoms with E-state index in [1.54, 1.807) is 12.4 Å². The van der Waals surface area contributed by atoms with Crippen molar-refractivity contribution >= 4 is 11.7 Å². The van der Waals surface area contributed by atoms with Gasteiger partial charge >= 0.3 is 0 Å². The number of benzene rings is 1. The summed E-state index contributed by atoms with van der Waals surface area (Å²) in [7, 11) is 0. The molecule has 5 rings (SSSR count). The van der Waals surface area contributed by atoms with E-state index in [-0.39, 0.29) is 5.91 Å². The molecule has 7 nitrogen and oxygen atoms in total. The maximum Gasteiger partial charge on any atom is 0.256 e. The average Bonchev–Trinajstić information content (AvgIpc) is 3.39. The van der Waals surface area contributed by atoms with Crippen molar-refractivity contribution in [2.75, 3.05) is 18.4 Å². The van der Waals surface area contributed by atoms with Gasteiger partial charge in [0, 0.05) is 36.5 Å². The van der Waals surface area contributed by atoms with E-state index in [9.17, 15) is 4.79 Å². The second-order valence-corrected chi connectivity index (χ2v) is 8.86. The van der Waals surface area contributed by atoms with Gasteiger partial charge in [0.15, 0.2) is 0 Å². The molecule has 4 heterocycles. The first-order chi connectivity index (χ1) is 17.2. The fourth-order valence-corrected chi connectivity index (χ4v) is 4.44.